The predicted molar refractivity (Wildman–Crippen MR) is 109 cm³/mol. The van der Waals surface area contributed by atoms with Crippen LogP contribution in [0.5, 0.6) is 0 Å². The monoisotopic (exact) mass is 391 g/mol. The summed E-state index contributed by atoms with van der Waals surface area (Å²) in [5.74, 6) is -0.308. The van der Waals surface area contributed by atoms with E-state index < -0.39 is 0 Å². The van der Waals surface area contributed by atoms with E-state index in [1.54, 1.807) is 15.8 Å². The molecule has 4 rings (SSSR count). The van der Waals surface area contributed by atoms with Gasteiger partial charge in [0.2, 0.25) is 5.91 Å². The highest BCUT2D eigenvalue weighted by Crippen LogP contribution is 2.27. The fourth-order valence-electron chi connectivity index (χ4n) is 3.56. The summed E-state index contributed by atoms with van der Waals surface area (Å²) in [5.41, 5.74) is 4.12. The second-order valence-corrected chi connectivity index (χ2v) is 7.46. The average Bonchev–Trinajstić information content (AvgIpc) is 3.30. The standard InChI is InChI=1S/C22H21N3O2S/c26-21(19-15-28-16-23-19)24-11-13-25(14-12-24)22(27)20(17-7-3-1-4-8-17)18-9-5-2-6-10-18/h1-10,15-16,20H,11-14H2. The highest BCUT2D eigenvalue weighted by molar-refractivity contribution is 7.07. The average molecular weight is 391 g/mol. The maximum absolute atomic E-state index is 13.4. The molecule has 0 bridgehead atoms. The van der Waals surface area contributed by atoms with E-state index in [0.717, 1.165) is 11.1 Å². The Morgan fingerprint density at radius 1 is 0.821 bits per heavy atom. The molecule has 1 fully saturated rings. The van der Waals surface area contributed by atoms with Crippen LogP contribution < -0.4 is 0 Å². The fraction of sp³-hybridized carbons (Fsp3) is 0.227. The van der Waals surface area contributed by atoms with Gasteiger partial charge in [-0.2, -0.15) is 0 Å². The van der Waals surface area contributed by atoms with Crippen LogP contribution >= 0.6 is 11.3 Å². The summed E-state index contributed by atoms with van der Waals surface area (Å²) in [4.78, 5) is 33.6. The molecule has 0 atom stereocenters. The van der Waals surface area contributed by atoms with Gasteiger partial charge in [0.05, 0.1) is 11.4 Å². The van der Waals surface area contributed by atoms with Crippen molar-refractivity contribution >= 4 is 23.2 Å². The van der Waals surface area contributed by atoms with Crippen molar-refractivity contribution < 1.29 is 9.59 Å². The van der Waals surface area contributed by atoms with Crippen LogP contribution in [0, 0.1) is 0 Å². The van der Waals surface area contributed by atoms with Gasteiger partial charge in [-0.05, 0) is 11.1 Å². The third-order valence-electron chi connectivity index (χ3n) is 5.04. The fourth-order valence-corrected chi connectivity index (χ4v) is 4.09. The number of carbonyl (C=O) groups is 2. The van der Waals surface area contributed by atoms with Crippen molar-refractivity contribution in [3.05, 3.63) is 88.4 Å². The Kier molecular flexibility index (Phi) is 5.48. The van der Waals surface area contributed by atoms with Gasteiger partial charge in [-0.1, -0.05) is 60.7 Å². The predicted octanol–water partition coefficient (Wildman–Crippen LogP) is 3.26. The normalized spacial score (nSPS) is 14.3. The molecule has 2 aromatic carbocycles. The topological polar surface area (TPSA) is 53.5 Å². The van der Waals surface area contributed by atoms with Gasteiger partial charge in [-0.3, -0.25) is 9.59 Å². The molecule has 0 aliphatic carbocycles. The Morgan fingerprint density at radius 2 is 1.36 bits per heavy atom. The van der Waals surface area contributed by atoms with Crippen molar-refractivity contribution in [2.24, 2.45) is 0 Å². The second-order valence-electron chi connectivity index (χ2n) is 6.75. The van der Waals surface area contributed by atoms with Gasteiger partial charge in [0.25, 0.3) is 5.91 Å². The van der Waals surface area contributed by atoms with E-state index in [-0.39, 0.29) is 17.7 Å². The molecule has 3 aromatic rings. The highest BCUT2D eigenvalue weighted by Gasteiger charge is 2.31. The minimum atomic E-state index is -0.330. The lowest BCUT2D eigenvalue weighted by atomic mass is 9.90. The van der Waals surface area contributed by atoms with E-state index >= 15 is 0 Å². The molecule has 2 heterocycles. The van der Waals surface area contributed by atoms with E-state index in [0.29, 0.717) is 31.9 Å². The molecule has 1 aliphatic rings. The maximum atomic E-state index is 13.4. The van der Waals surface area contributed by atoms with Gasteiger partial charge in [-0.15, -0.1) is 11.3 Å². The lowest BCUT2D eigenvalue weighted by Gasteiger charge is -2.36. The van der Waals surface area contributed by atoms with Crippen molar-refractivity contribution in [2.75, 3.05) is 26.2 Å². The molecule has 6 heteroatoms. The van der Waals surface area contributed by atoms with Gasteiger partial charge in [0.15, 0.2) is 0 Å². The zero-order valence-electron chi connectivity index (χ0n) is 15.4. The SMILES string of the molecule is O=C(c1cscn1)N1CCN(C(=O)C(c2ccccc2)c2ccccc2)CC1. The van der Waals surface area contributed by atoms with Crippen molar-refractivity contribution in [3.63, 3.8) is 0 Å². The molecular formula is C22H21N3O2S. The Bertz CT molecular complexity index is 881. The molecule has 1 saturated heterocycles. The second kappa shape index (κ2) is 8.35. The van der Waals surface area contributed by atoms with Gasteiger partial charge in [0, 0.05) is 31.6 Å². The first-order chi connectivity index (χ1) is 13.7. The Balaban J connectivity index is 1.50. The summed E-state index contributed by atoms with van der Waals surface area (Å²) < 4.78 is 0. The molecule has 0 radical (unpaired) electrons. The van der Waals surface area contributed by atoms with Crippen LogP contribution in [0.2, 0.25) is 0 Å². The number of rotatable bonds is 4. The van der Waals surface area contributed by atoms with Crippen LogP contribution in [0.15, 0.2) is 71.6 Å². The molecule has 0 N–H and O–H groups in total. The lowest BCUT2D eigenvalue weighted by molar-refractivity contribution is -0.133. The van der Waals surface area contributed by atoms with Gasteiger partial charge in [-0.25, -0.2) is 4.98 Å². The van der Waals surface area contributed by atoms with Crippen molar-refractivity contribution in [1.29, 1.82) is 0 Å². The highest BCUT2D eigenvalue weighted by atomic mass is 32.1. The van der Waals surface area contributed by atoms with E-state index in [9.17, 15) is 9.59 Å². The number of thiazole rings is 1. The summed E-state index contributed by atoms with van der Waals surface area (Å²) in [7, 11) is 0. The first-order valence-electron chi connectivity index (χ1n) is 9.30. The van der Waals surface area contributed by atoms with E-state index in [4.69, 9.17) is 0 Å². The molecular weight excluding hydrogens is 370 g/mol. The first kappa shape index (κ1) is 18.4. The molecule has 142 valence electrons. The molecule has 2 amide bonds. The summed E-state index contributed by atoms with van der Waals surface area (Å²) in [5, 5.41) is 1.76. The Morgan fingerprint density at radius 3 is 1.86 bits per heavy atom. The number of amides is 2. The van der Waals surface area contributed by atoms with Gasteiger partial charge >= 0.3 is 0 Å². The van der Waals surface area contributed by atoms with E-state index in [2.05, 4.69) is 4.98 Å². The summed E-state index contributed by atoms with van der Waals surface area (Å²) in [6, 6.07) is 19.8. The first-order valence-corrected chi connectivity index (χ1v) is 10.2. The zero-order valence-corrected chi connectivity index (χ0v) is 16.2. The van der Waals surface area contributed by atoms with Gasteiger partial charge in [0.1, 0.15) is 5.69 Å². The van der Waals surface area contributed by atoms with Crippen molar-refractivity contribution in [2.45, 2.75) is 5.92 Å². The molecule has 0 spiro atoms. The number of hydrogen-bond acceptors (Lipinski definition) is 4. The molecule has 5 nitrogen and oxygen atoms in total. The third-order valence-corrected chi connectivity index (χ3v) is 5.63. The maximum Gasteiger partial charge on any atom is 0.273 e. The van der Waals surface area contributed by atoms with E-state index in [1.807, 2.05) is 65.6 Å². The van der Waals surface area contributed by atoms with Crippen molar-refractivity contribution in [3.8, 4) is 0 Å². The van der Waals surface area contributed by atoms with Crippen LogP contribution in [0.3, 0.4) is 0 Å². The van der Waals surface area contributed by atoms with Crippen LogP contribution in [0.25, 0.3) is 0 Å². The summed E-state index contributed by atoms with van der Waals surface area (Å²) in [6.07, 6.45) is 0. The Hall–Kier alpha value is -2.99. The molecule has 0 saturated carbocycles. The smallest absolute Gasteiger partial charge is 0.273 e. The molecule has 0 unspecified atom stereocenters. The summed E-state index contributed by atoms with van der Waals surface area (Å²) >= 11 is 1.41. The van der Waals surface area contributed by atoms with Crippen LogP contribution in [-0.2, 0) is 4.79 Å². The van der Waals surface area contributed by atoms with Gasteiger partial charge < -0.3 is 9.80 Å². The number of hydrogen-bond donors (Lipinski definition) is 0. The largest absolute Gasteiger partial charge is 0.338 e. The van der Waals surface area contributed by atoms with Crippen LogP contribution in [0.4, 0.5) is 0 Å². The third kappa shape index (κ3) is 3.82. The van der Waals surface area contributed by atoms with Crippen LogP contribution in [-0.4, -0.2) is 52.8 Å². The number of benzene rings is 2. The zero-order chi connectivity index (χ0) is 19.3. The number of piperazine rings is 1. The number of aromatic nitrogens is 1. The quantitative estimate of drug-likeness (QED) is 0.686. The van der Waals surface area contributed by atoms with Crippen LogP contribution in [0.1, 0.15) is 27.5 Å². The lowest BCUT2D eigenvalue weighted by Crippen LogP contribution is -2.51. The summed E-state index contributed by atoms with van der Waals surface area (Å²) in [6.45, 7) is 2.12. The minimum Gasteiger partial charge on any atom is -0.338 e. The molecule has 28 heavy (non-hydrogen) atoms. The molecule has 1 aliphatic heterocycles. The minimum absolute atomic E-state index is 0.0592. The van der Waals surface area contributed by atoms with Crippen molar-refractivity contribution in [1.82, 2.24) is 14.8 Å². The number of nitrogens with zero attached hydrogens (tertiary/aromatic N) is 3. The number of carbonyl (C=O) groups excluding carboxylic acids is 2. The Labute approximate surface area is 168 Å². The van der Waals surface area contributed by atoms with E-state index in [1.165, 1.54) is 11.3 Å². The molecule has 1 aromatic heterocycles.